The highest BCUT2D eigenvalue weighted by Gasteiger charge is 2.26. The molecule has 0 amide bonds. The summed E-state index contributed by atoms with van der Waals surface area (Å²) >= 11 is 0. The molecule has 2 bridgehead atoms. The summed E-state index contributed by atoms with van der Waals surface area (Å²) in [6.45, 7) is 9.05. The second-order valence-electron chi connectivity index (χ2n) is 7.61. The molecule has 0 saturated carbocycles. The molecule has 2 aromatic carbocycles. The van der Waals surface area contributed by atoms with E-state index in [1.807, 2.05) is 0 Å². The Balaban J connectivity index is 1.70. The maximum Gasteiger partial charge on any atom is 0.229 e. The van der Waals surface area contributed by atoms with Crippen LogP contribution in [0.25, 0.3) is 0 Å². The Morgan fingerprint density at radius 3 is 2.68 bits per heavy atom. The first-order chi connectivity index (χ1) is 12.1. The number of nitrogens with one attached hydrogen (secondary N) is 1. The van der Waals surface area contributed by atoms with Crippen LogP contribution >= 0.6 is 0 Å². The standard InChI is InChI=1S/C21H28N2OSi/c1-15-7-6-8-17(21(15)23-11-4-5-12-23)19-13-16-9-10-18(22-19)20(14-16)24-25(2)3/h6-10,14,19,22,25H,4-5,11-13H2,1-3H3. The molecule has 3 aliphatic heterocycles. The first-order valence-electron chi connectivity index (χ1n) is 9.52. The Kier molecular flexibility index (Phi) is 4.46. The van der Waals surface area contributed by atoms with Gasteiger partial charge in [-0.25, -0.2) is 0 Å². The molecule has 3 heterocycles. The second kappa shape index (κ2) is 6.75. The first-order valence-corrected chi connectivity index (χ1v) is 12.3. The minimum absolute atomic E-state index is 0.307. The fraction of sp³-hybridized carbons (Fsp3) is 0.429. The summed E-state index contributed by atoms with van der Waals surface area (Å²) < 4.78 is 6.16. The Morgan fingerprint density at radius 2 is 1.92 bits per heavy atom. The van der Waals surface area contributed by atoms with Crippen molar-refractivity contribution in [3.8, 4) is 5.75 Å². The lowest BCUT2D eigenvalue weighted by molar-refractivity contribution is 0.582. The van der Waals surface area contributed by atoms with Crippen LogP contribution in [0.2, 0.25) is 13.1 Å². The Morgan fingerprint density at radius 1 is 1.12 bits per heavy atom. The molecule has 1 unspecified atom stereocenters. The molecule has 0 spiro atoms. The maximum atomic E-state index is 6.16. The van der Waals surface area contributed by atoms with Crippen molar-refractivity contribution in [1.29, 1.82) is 0 Å². The van der Waals surface area contributed by atoms with Crippen LogP contribution in [-0.4, -0.2) is 22.1 Å². The molecule has 0 radical (unpaired) electrons. The van der Waals surface area contributed by atoms with Crippen molar-refractivity contribution in [3.05, 3.63) is 53.1 Å². The summed E-state index contributed by atoms with van der Waals surface area (Å²) in [7, 11) is -1.11. The fourth-order valence-corrected chi connectivity index (χ4v) is 4.86. The largest absolute Gasteiger partial charge is 0.546 e. The number of anilines is 2. The highest BCUT2D eigenvalue weighted by atomic mass is 28.3. The van der Waals surface area contributed by atoms with Gasteiger partial charge in [-0.3, -0.25) is 0 Å². The van der Waals surface area contributed by atoms with E-state index in [-0.39, 0.29) is 0 Å². The molecular formula is C21H28N2OSi. The second-order valence-corrected chi connectivity index (χ2v) is 9.94. The number of fused-ring (bicyclic) bond motifs is 4. The average Bonchev–Trinajstić information content (AvgIpc) is 2.95. The van der Waals surface area contributed by atoms with Crippen molar-refractivity contribution in [1.82, 2.24) is 0 Å². The van der Waals surface area contributed by atoms with Gasteiger partial charge in [0.25, 0.3) is 0 Å². The van der Waals surface area contributed by atoms with Gasteiger partial charge < -0.3 is 14.6 Å². The van der Waals surface area contributed by atoms with Crippen molar-refractivity contribution in [3.63, 3.8) is 0 Å². The molecule has 2 aromatic rings. The van der Waals surface area contributed by atoms with Crippen LogP contribution in [-0.2, 0) is 6.42 Å². The highest BCUT2D eigenvalue weighted by molar-refractivity contribution is 6.49. The summed E-state index contributed by atoms with van der Waals surface area (Å²) in [4.78, 5) is 2.58. The van der Waals surface area contributed by atoms with Crippen LogP contribution in [0, 0.1) is 6.92 Å². The zero-order valence-electron chi connectivity index (χ0n) is 15.5. The van der Waals surface area contributed by atoms with Gasteiger partial charge >= 0.3 is 0 Å². The van der Waals surface area contributed by atoms with E-state index in [4.69, 9.17) is 4.43 Å². The molecule has 1 N–H and O–H groups in total. The van der Waals surface area contributed by atoms with Crippen LogP contribution in [0.1, 0.15) is 35.6 Å². The van der Waals surface area contributed by atoms with E-state index in [0.29, 0.717) is 6.04 Å². The molecule has 1 fully saturated rings. The van der Waals surface area contributed by atoms with Crippen molar-refractivity contribution in [2.75, 3.05) is 23.3 Å². The lowest BCUT2D eigenvalue weighted by Crippen LogP contribution is -2.23. The van der Waals surface area contributed by atoms with Crippen molar-refractivity contribution in [2.45, 2.75) is 45.3 Å². The van der Waals surface area contributed by atoms with Gasteiger partial charge in [-0.15, -0.1) is 0 Å². The fourth-order valence-electron chi connectivity index (χ4n) is 4.16. The number of rotatable bonds is 4. The molecule has 1 atom stereocenters. The molecule has 3 aliphatic rings. The predicted molar refractivity (Wildman–Crippen MR) is 109 cm³/mol. The molecule has 3 nitrogen and oxygen atoms in total. The monoisotopic (exact) mass is 352 g/mol. The van der Waals surface area contributed by atoms with Crippen LogP contribution in [0.5, 0.6) is 5.75 Å². The van der Waals surface area contributed by atoms with E-state index in [1.165, 1.54) is 48.3 Å². The van der Waals surface area contributed by atoms with Crippen LogP contribution in [0.4, 0.5) is 11.4 Å². The lowest BCUT2D eigenvalue weighted by Gasteiger charge is -2.28. The number of hydrogen-bond acceptors (Lipinski definition) is 3. The maximum absolute atomic E-state index is 6.16. The van der Waals surface area contributed by atoms with E-state index < -0.39 is 9.04 Å². The molecule has 4 heteroatoms. The average molecular weight is 353 g/mol. The smallest absolute Gasteiger partial charge is 0.229 e. The third-order valence-corrected chi connectivity index (χ3v) is 5.97. The topological polar surface area (TPSA) is 24.5 Å². The minimum atomic E-state index is -1.11. The molecule has 0 aromatic heterocycles. The zero-order valence-corrected chi connectivity index (χ0v) is 16.7. The van der Waals surface area contributed by atoms with Gasteiger partial charge in [-0.1, -0.05) is 24.3 Å². The van der Waals surface area contributed by atoms with Crippen LogP contribution in [0.3, 0.4) is 0 Å². The van der Waals surface area contributed by atoms with Gasteiger partial charge in [0.05, 0.1) is 11.7 Å². The van der Waals surface area contributed by atoms with E-state index in [2.05, 4.69) is 66.6 Å². The number of aryl methyl sites for hydroxylation is 1. The predicted octanol–water partition coefficient (Wildman–Crippen LogP) is 4.67. The zero-order chi connectivity index (χ0) is 17.4. The number of benzene rings is 2. The molecule has 25 heavy (non-hydrogen) atoms. The molecule has 132 valence electrons. The normalized spacial score (nSPS) is 19.2. The van der Waals surface area contributed by atoms with Crippen molar-refractivity contribution < 1.29 is 4.43 Å². The molecule has 0 aliphatic carbocycles. The van der Waals surface area contributed by atoms with Gasteiger partial charge in [0.15, 0.2) is 0 Å². The molecule has 5 rings (SSSR count). The van der Waals surface area contributed by atoms with E-state index in [1.54, 1.807) is 0 Å². The number of nitrogens with zero attached hydrogens (tertiary/aromatic N) is 1. The van der Waals surface area contributed by atoms with Crippen molar-refractivity contribution in [2.24, 2.45) is 0 Å². The molecule has 1 saturated heterocycles. The third-order valence-electron chi connectivity index (χ3n) is 5.24. The molecular weight excluding hydrogens is 324 g/mol. The first kappa shape index (κ1) is 16.5. The Bertz CT molecular complexity index is 768. The van der Waals surface area contributed by atoms with Gasteiger partial charge in [0.2, 0.25) is 9.04 Å². The summed E-state index contributed by atoms with van der Waals surface area (Å²) in [6.07, 6.45) is 3.62. The van der Waals surface area contributed by atoms with E-state index in [9.17, 15) is 0 Å². The van der Waals surface area contributed by atoms with Crippen LogP contribution in [0.15, 0.2) is 36.4 Å². The van der Waals surface area contributed by atoms with Crippen molar-refractivity contribution >= 4 is 20.4 Å². The third kappa shape index (κ3) is 3.27. The highest BCUT2D eigenvalue weighted by Crippen LogP contribution is 2.40. The Labute approximate surface area is 152 Å². The summed E-state index contributed by atoms with van der Waals surface area (Å²) in [5.74, 6) is 1.04. The van der Waals surface area contributed by atoms with Gasteiger partial charge in [0, 0.05) is 18.8 Å². The van der Waals surface area contributed by atoms with Gasteiger partial charge in [-0.2, -0.15) is 0 Å². The van der Waals surface area contributed by atoms with Crippen LogP contribution < -0.4 is 14.6 Å². The quantitative estimate of drug-likeness (QED) is 0.810. The van der Waals surface area contributed by atoms with Gasteiger partial charge in [0.1, 0.15) is 5.75 Å². The SMILES string of the molecule is Cc1cccc(C2Cc3ccc(c(O[SiH](C)C)c3)N2)c1N1CCCC1. The number of hydrogen-bond donors (Lipinski definition) is 1. The summed E-state index contributed by atoms with van der Waals surface area (Å²) in [6, 6.07) is 13.7. The van der Waals surface area contributed by atoms with E-state index >= 15 is 0 Å². The van der Waals surface area contributed by atoms with Gasteiger partial charge in [-0.05, 0) is 68.1 Å². The number of para-hydroxylation sites is 1. The minimum Gasteiger partial charge on any atom is -0.546 e. The Hall–Kier alpha value is -1.94. The van der Waals surface area contributed by atoms with E-state index in [0.717, 1.165) is 17.9 Å². The summed E-state index contributed by atoms with van der Waals surface area (Å²) in [5.41, 5.74) is 6.76. The lowest BCUT2D eigenvalue weighted by atomic mass is 9.96. The summed E-state index contributed by atoms with van der Waals surface area (Å²) in [5, 5.41) is 3.78.